The zero-order chi connectivity index (χ0) is 19.3. The molecule has 0 radical (unpaired) electrons. The number of carbonyl (C=O) groups excluding carboxylic acids is 1. The first-order valence-corrected chi connectivity index (χ1v) is 8.65. The molecule has 0 fully saturated rings. The number of aromatic nitrogens is 3. The normalized spacial score (nSPS) is 10.6. The van der Waals surface area contributed by atoms with E-state index >= 15 is 0 Å². The van der Waals surface area contributed by atoms with Crippen LogP contribution in [0, 0.1) is 0 Å². The van der Waals surface area contributed by atoms with Gasteiger partial charge in [-0.1, -0.05) is 59.8 Å². The van der Waals surface area contributed by atoms with Crippen molar-refractivity contribution in [3.63, 3.8) is 0 Å². The van der Waals surface area contributed by atoms with Gasteiger partial charge in [-0.15, -0.1) is 0 Å². The van der Waals surface area contributed by atoms with Gasteiger partial charge >= 0.3 is 0 Å². The van der Waals surface area contributed by atoms with Crippen LogP contribution in [0.1, 0.15) is 0 Å². The van der Waals surface area contributed by atoms with Crippen LogP contribution >= 0.6 is 0 Å². The average Bonchev–Trinajstić information content (AvgIpc) is 3.21. The molecule has 0 saturated carbocycles. The first-order valence-electron chi connectivity index (χ1n) is 8.65. The Balaban J connectivity index is 1.63. The predicted octanol–water partition coefficient (Wildman–Crippen LogP) is 3.20. The highest BCUT2D eigenvalue weighted by Crippen LogP contribution is 2.21. The molecule has 28 heavy (non-hydrogen) atoms. The first-order chi connectivity index (χ1) is 13.7. The fraction of sp³-hybridized carbons (Fsp3) is 0.0476. The van der Waals surface area contributed by atoms with Crippen molar-refractivity contribution in [2.75, 3.05) is 5.32 Å². The predicted molar refractivity (Wildman–Crippen MR) is 105 cm³/mol. The van der Waals surface area contributed by atoms with Crippen LogP contribution in [0.5, 0.6) is 0 Å². The van der Waals surface area contributed by atoms with Crippen LogP contribution in [0.2, 0.25) is 0 Å². The number of carbonyl (C=O) groups is 1. The highest BCUT2D eigenvalue weighted by atomic mass is 16.5. The molecule has 0 aliphatic rings. The highest BCUT2D eigenvalue weighted by Gasteiger charge is 2.16. The molecular formula is C21H16N4O3. The molecule has 0 saturated heterocycles. The maximum atomic E-state index is 12.4. The van der Waals surface area contributed by atoms with E-state index in [-0.39, 0.29) is 23.9 Å². The fourth-order valence-electron chi connectivity index (χ4n) is 2.77. The minimum atomic E-state index is -0.333. The van der Waals surface area contributed by atoms with Gasteiger partial charge in [0.25, 0.3) is 11.4 Å². The fourth-order valence-corrected chi connectivity index (χ4v) is 2.77. The molecule has 0 aliphatic carbocycles. The molecule has 7 heteroatoms. The highest BCUT2D eigenvalue weighted by molar-refractivity contribution is 5.90. The third kappa shape index (κ3) is 3.73. The number of benzene rings is 2. The Hall–Kier alpha value is -4.00. The van der Waals surface area contributed by atoms with Gasteiger partial charge in [-0.3, -0.25) is 14.2 Å². The van der Waals surface area contributed by atoms with Crippen molar-refractivity contribution < 1.29 is 9.32 Å². The summed E-state index contributed by atoms with van der Waals surface area (Å²) >= 11 is 0. The maximum Gasteiger partial charge on any atom is 0.274 e. The van der Waals surface area contributed by atoms with Gasteiger partial charge in [0.1, 0.15) is 12.2 Å². The number of anilines is 1. The molecule has 2 heterocycles. The minimum Gasteiger partial charge on any atom is -0.332 e. The van der Waals surface area contributed by atoms with Gasteiger partial charge in [0.15, 0.2) is 0 Å². The molecule has 138 valence electrons. The third-order valence-corrected chi connectivity index (χ3v) is 4.09. The van der Waals surface area contributed by atoms with E-state index in [1.54, 1.807) is 24.3 Å². The molecule has 4 aromatic rings. The van der Waals surface area contributed by atoms with Crippen molar-refractivity contribution in [2.45, 2.75) is 6.54 Å². The quantitative estimate of drug-likeness (QED) is 0.581. The Labute approximate surface area is 160 Å². The summed E-state index contributed by atoms with van der Waals surface area (Å²) in [5, 5.41) is 6.74. The second kappa shape index (κ2) is 7.71. The summed E-state index contributed by atoms with van der Waals surface area (Å²) in [6.07, 6.45) is 0. The Kier molecular flexibility index (Phi) is 4.79. The van der Waals surface area contributed by atoms with Crippen LogP contribution < -0.4 is 10.9 Å². The number of hydrogen-bond acceptors (Lipinski definition) is 5. The molecule has 0 aliphatic heterocycles. The standard InChI is InChI=1S/C21H16N4O3/c26-18(22-16-10-5-2-6-11-16)14-25-17(12-7-13-19(25)27)21-23-20(24-28-21)15-8-3-1-4-9-15/h1-13H,14H2,(H,22,26). The van der Waals surface area contributed by atoms with E-state index in [0.29, 0.717) is 17.2 Å². The van der Waals surface area contributed by atoms with E-state index < -0.39 is 0 Å². The third-order valence-electron chi connectivity index (χ3n) is 4.09. The first kappa shape index (κ1) is 17.4. The summed E-state index contributed by atoms with van der Waals surface area (Å²) in [4.78, 5) is 29.2. The second-order valence-electron chi connectivity index (χ2n) is 6.04. The Morgan fingerprint density at radius 2 is 1.64 bits per heavy atom. The summed E-state index contributed by atoms with van der Waals surface area (Å²) < 4.78 is 6.65. The zero-order valence-corrected chi connectivity index (χ0v) is 14.8. The molecule has 0 spiro atoms. The van der Waals surface area contributed by atoms with Crippen LogP contribution in [0.15, 0.2) is 88.2 Å². The van der Waals surface area contributed by atoms with E-state index in [1.165, 1.54) is 10.6 Å². The van der Waals surface area contributed by atoms with Gasteiger partial charge in [0.05, 0.1) is 0 Å². The largest absolute Gasteiger partial charge is 0.332 e. The van der Waals surface area contributed by atoms with E-state index in [4.69, 9.17) is 4.52 Å². The molecule has 0 unspecified atom stereocenters. The lowest BCUT2D eigenvalue weighted by Gasteiger charge is -2.10. The molecule has 7 nitrogen and oxygen atoms in total. The van der Waals surface area contributed by atoms with Crippen LogP contribution in [-0.2, 0) is 11.3 Å². The van der Waals surface area contributed by atoms with Gasteiger partial charge < -0.3 is 9.84 Å². The lowest BCUT2D eigenvalue weighted by Crippen LogP contribution is -2.28. The molecule has 4 rings (SSSR count). The lowest BCUT2D eigenvalue weighted by molar-refractivity contribution is -0.116. The molecule has 2 aromatic heterocycles. The number of nitrogens with zero attached hydrogens (tertiary/aromatic N) is 3. The van der Waals surface area contributed by atoms with Crippen LogP contribution in [0.25, 0.3) is 23.0 Å². The van der Waals surface area contributed by atoms with E-state index in [9.17, 15) is 9.59 Å². The number of para-hydroxylation sites is 1. The Morgan fingerprint density at radius 3 is 2.39 bits per heavy atom. The lowest BCUT2D eigenvalue weighted by atomic mass is 10.2. The van der Waals surface area contributed by atoms with Gasteiger partial charge in [-0.2, -0.15) is 4.98 Å². The summed E-state index contributed by atoms with van der Waals surface area (Å²) in [6, 6.07) is 23.0. The van der Waals surface area contributed by atoms with Gasteiger partial charge in [-0.25, -0.2) is 0 Å². The number of nitrogens with one attached hydrogen (secondary N) is 1. The number of hydrogen-bond donors (Lipinski definition) is 1. The van der Waals surface area contributed by atoms with Crippen LogP contribution in [0.3, 0.4) is 0 Å². The summed E-state index contributed by atoms with van der Waals surface area (Å²) in [6.45, 7) is -0.174. The molecule has 0 atom stereocenters. The van der Waals surface area contributed by atoms with Gasteiger partial charge in [-0.05, 0) is 18.2 Å². The minimum absolute atomic E-state index is 0.170. The maximum absolute atomic E-state index is 12.4. The Morgan fingerprint density at radius 1 is 0.929 bits per heavy atom. The summed E-state index contributed by atoms with van der Waals surface area (Å²) in [5.74, 6) is 0.250. The topological polar surface area (TPSA) is 90.0 Å². The van der Waals surface area contributed by atoms with Crippen molar-refractivity contribution in [1.82, 2.24) is 14.7 Å². The van der Waals surface area contributed by atoms with Crippen molar-refractivity contribution in [3.8, 4) is 23.0 Å². The van der Waals surface area contributed by atoms with Crippen LogP contribution in [-0.4, -0.2) is 20.6 Å². The molecule has 1 N–H and O–H groups in total. The summed E-state index contributed by atoms with van der Waals surface area (Å²) in [7, 11) is 0. The smallest absolute Gasteiger partial charge is 0.274 e. The van der Waals surface area contributed by atoms with Crippen LogP contribution in [0.4, 0.5) is 5.69 Å². The van der Waals surface area contributed by atoms with E-state index in [2.05, 4.69) is 15.5 Å². The number of rotatable bonds is 5. The zero-order valence-electron chi connectivity index (χ0n) is 14.8. The van der Waals surface area contributed by atoms with E-state index in [0.717, 1.165) is 5.56 Å². The Bertz CT molecular complexity index is 1150. The average molecular weight is 372 g/mol. The monoisotopic (exact) mass is 372 g/mol. The molecule has 1 amide bonds. The molecular weight excluding hydrogens is 356 g/mol. The van der Waals surface area contributed by atoms with Crippen molar-refractivity contribution in [3.05, 3.63) is 89.2 Å². The van der Waals surface area contributed by atoms with Crippen molar-refractivity contribution in [1.29, 1.82) is 0 Å². The SMILES string of the molecule is O=C(Cn1c(-c2nc(-c3ccccc3)no2)cccc1=O)Nc1ccccc1. The van der Waals surface area contributed by atoms with Crippen molar-refractivity contribution in [2.24, 2.45) is 0 Å². The molecule has 2 aromatic carbocycles. The van der Waals surface area contributed by atoms with Gasteiger partial charge in [0.2, 0.25) is 11.7 Å². The second-order valence-corrected chi connectivity index (χ2v) is 6.04. The molecule has 0 bridgehead atoms. The van der Waals surface area contributed by atoms with E-state index in [1.807, 2.05) is 48.5 Å². The summed E-state index contributed by atoms with van der Waals surface area (Å²) in [5.41, 5.74) is 1.50. The van der Waals surface area contributed by atoms with Gasteiger partial charge in [0, 0.05) is 17.3 Å². The van der Waals surface area contributed by atoms with Crippen molar-refractivity contribution >= 4 is 11.6 Å². The number of pyridine rings is 1. The number of amides is 1.